The fraction of sp³-hybridized carbons (Fsp3) is 0.290. The van der Waals surface area contributed by atoms with E-state index in [1.165, 1.54) is 4.88 Å². The molecule has 5 rings (SSSR count). The van der Waals surface area contributed by atoms with Gasteiger partial charge in [0.2, 0.25) is 5.91 Å². The van der Waals surface area contributed by atoms with E-state index in [9.17, 15) is 9.59 Å². The average Bonchev–Trinajstić information content (AvgIpc) is 3.60. The minimum Gasteiger partial charge on any atom is -0.376 e. The number of carbonyl (C=O) groups is 2. The molecule has 1 unspecified atom stereocenters. The molecule has 0 radical (unpaired) electrons. The lowest BCUT2D eigenvalue weighted by Crippen LogP contribution is -2.46. The molecule has 4 aromatic rings. The number of benzene rings is 3. The van der Waals surface area contributed by atoms with Crippen molar-refractivity contribution >= 4 is 39.7 Å². The Kier molecular flexibility index (Phi) is 8.36. The lowest BCUT2D eigenvalue weighted by atomic mass is 10.1. The van der Waals surface area contributed by atoms with Crippen LogP contribution in [0.5, 0.6) is 0 Å². The summed E-state index contributed by atoms with van der Waals surface area (Å²) in [6.07, 6.45) is 1.78. The summed E-state index contributed by atoms with van der Waals surface area (Å²) in [6.45, 7) is 4.10. The molecule has 1 saturated heterocycles. The van der Waals surface area contributed by atoms with E-state index < -0.39 is 0 Å². The van der Waals surface area contributed by atoms with Gasteiger partial charge < -0.3 is 19.9 Å². The minimum atomic E-state index is -0.295. The Hall–Kier alpha value is -3.68. The molecular weight excluding hydrogens is 494 g/mol. The molecule has 3 amide bonds. The number of hydrogen-bond donors (Lipinski definition) is 1. The SMILES string of the molecule is Cc1ccc(CN(Cc2ccccc2)C(=O)CN(CC2CCCO2)C(=O)Nc2cccc3ccccc23)s1. The highest BCUT2D eigenvalue weighted by Gasteiger charge is 2.27. The van der Waals surface area contributed by atoms with Crippen LogP contribution in [0.3, 0.4) is 0 Å². The molecule has 0 aliphatic carbocycles. The first-order valence-electron chi connectivity index (χ1n) is 13.1. The first kappa shape index (κ1) is 25.9. The van der Waals surface area contributed by atoms with Gasteiger partial charge in [-0.3, -0.25) is 4.79 Å². The summed E-state index contributed by atoms with van der Waals surface area (Å²) in [4.78, 5) is 33.2. The van der Waals surface area contributed by atoms with Gasteiger partial charge in [-0.05, 0) is 48.9 Å². The van der Waals surface area contributed by atoms with Crippen LogP contribution in [0.2, 0.25) is 0 Å². The van der Waals surface area contributed by atoms with Gasteiger partial charge in [-0.15, -0.1) is 11.3 Å². The molecule has 3 aromatic carbocycles. The van der Waals surface area contributed by atoms with Gasteiger partial charge in [-0.2, -0.15) is 0 Å². The predicted molar refractivity (Wildman–Crippen MR) is 153 cm³/mol. The molecule has 1 aromatic heterocycles. The van der Waals surface area contributed by atoms with Gasteiger partial charge in [0.25, 0.3) is 0 Å². The van der Waals surface area contributed by atoms with Gasteiger partial charge in [-0.25, -0.2) is 4.79 Å². The summed E-state index contributed by atoms with van der Waals surface area (Å²) >= 11 is 1.69. The number of hydrogen-bond acceptors (Lipinski definition) is 4. The van der Waals surface area contributed by atoms with Crippen molar-refractivity contribution in [2.45, 2.75) is 39.0 Å². The van der Waals surface area contributed by atoms with Crippen LogP contribution < -0.4 is 5.32 Å². The largest absolute Gasteiger partial charge is 0.376 e. The summed E-state index contributed by atoms with van der Waals surface area (Å²) in [5, 5.41) is 5.08. The maximum absolute atomic E-state index is 13.8. The zero-order chi connectivity index (χ0) is 26.3. The third kappa shape index (κ3) is 6.60. The van der Waals surface area contributed by atoms with Gasteiger partial charge in [0, 0.05) is 34.8 Å². The van der Waals surface area contributed by atoms with Crippen LogP contribution in [0.1, 0.15) is 28.2 Å². The van der Waals surface area contributed by atoms with E-state index in [1.54, 1.807) is 16.2 Å². The number of thiophene rings is 1. The number of amides is 3. The van der Waals surface area contributed by atoms with E-state index in [0.29, 0.717) is 26.2 Å². The highest BCUT2D eigenvalue weighted by molar-refractivity contribution is 7.11. The average molecular weight is 528 g/mol. The van der Waals surface area contributed by atoms with Crippen LogP contribution in [-0.2, 0) is 22.6 Å². The van der Waals surface area contributed by atoms with E-state index in [1.807, 2.05) is 77.7 Å². The topological polar surface area (TPSA) is 61.9 Å². The van der Waals surface area contributed by atoms with Crippen molar-refractivity contribution in [1.82, 2.24) is 9.80 Å². The molecule has 1 aliphatic rings. The van der Waals surface area contributed by atoms with Crippen molar-refractivity contribution in [3.8, 4) is 0 Å². The second-order valence-electron chi connectivity index (χ2n) is 9.72. The number of carbonyl (C=O) groups excluding carboxylic acids is 2. The van der Waals surface area contributed by atoms with Crippen LogP contribution in [0.4, 0.5) is 10.5 Å². The summed E-state index contributed by atoms with van der Waals surface area (Å²) in [5.74, 6) is -0.0917. The number of nitrogens with one attached hydrogen (secondary N) is 1. The lowest BCUT2D eigenvalue weighted by molar-refractivity contribution is -0.133. The number of ether oxygens (including phenoxy) is 1. The molecule has 0 spiro atoms. The molecule has 1 fully saturated rings. The molecule has 1 N–H and O–H groups in total. The van der Waals surface area contributed by atoms with Crippen molar-refractivity contribution in [1.29, 1.82) is 0 Å². The molecule has 6 nitrogen and oxygen atoms in total. The maximum atomic E-state index is 13.8. The number of fused-ring (bicyclic) bond motifs is 1. The summed E-state index contributed by atoms with van der Waals surface area (Å²) in [7, 11) is 0. The van der Waals surface area contributed by atoms with Gasteiger partial charge in [-0.1, -0.05) is 66.7 Å². The number of aryl methyl sites for hydroxylation is 1. The zero-order valence-electron chi connectivity index (χ0n) is 21.6. The molecule has 38 heavy (non-hydrogen) atoms. The Bertz CT molecular complexity index is 1380. The van der Waals surface area contributed by atoms with E-state index in [4.69, 9.17) is 4.74 Å². The van der Waals surface area contributed by atoms with Crippen molar-refractivity contribution in [3.05, 3.63) is 100 Å². The fourth-order valence-corrected chi connectivity index (χ4v) is 5.75. The zero-order valence-corrected chi connectivity index (χ0v) is 22.5. The van der Waals surface area contributed by atoms with Crippen molar-refractivity contribution in [2.24, 2.45) is 0 Å². The molecule has 0 saturated carbocycles. The predicted octanol–water partition coefficient (Wildman–Crippen LogP) is 6.45. The van der Waals surface area contributed by atoms with E-state index in [-0.39, 0.29) is 24.6 Å². The highest BCUT2D eigenvalue weighted by atomic mass is 32.1. The van der Waals surface area contributed by atoms with E-state index >= 15 is 0 Å². The number of urea groups is 1. The third-order valence-corrected chi connectivity index (χ3v) is 7.79. The van der Waals surface area contributed by atoms with Crippen LogP contribution in [0.25, 0.3) is 10.8 Å². The Morgan fingerprint density at radius 1 is 0.921 bits per heavy atom. The summed E-state index contributed by atoms with van der Waals surface area (Å²) in [5.41, 5.74) is 1.79. The maximum Gasteiger partial charge on any atom is 0.322 e. The van der Waals surface area contributed by atoms with Crippen molar-refractivity contribution < 1.29 is 14.3 Å². The Morgan fingerprint density at radius 3 is 2.47 bits per heavy atom. The fourth-order valence-electron chi connectivity index (χ4n) is 4.84. The van der Waals surface area contributed by atoms with Gasteiger partial charge >= 0.3 is 6.03 Å². The summed E-state index contributed by atoms with van der Waals surface area (Å²) in [6, 6.07) is 27.6. The number of rotatable bonds is 9. The molecule has 1 aliphatic heterocycles. The number of anilines is 1. The minimum absolute atomic E-state index is 0.0202. The second-order valence-corrected chi connectivity index (χ2v) is 11.1. The molecule has 1 atom stereocenters. The highest BCUT2D eigenvalue weighted by Crippen LogP contribution is 2.24. The first-order chi connectivity index (χ1) is 18.5. The third-order valence-electron chi connectivity index (χ3n) is 6.80. The van der Waals surface area contributed by atoms with Crippen molar-refractivity contribution in [2.75, 3.05) is 25.0 Å². The molecule has 0 bridgehead atoms. The van der Waals surface area contributed by atoms with E-state index in [2.05, 4.69) is 24.4 Å². The van der Waals surface area contributed by atoms with Crippen LogP contribution >= 0.6 is 11.3 Å². The number of nitrogens with zero attached hydrogens (tertiary/aromatic N) is 2. The quantitative estimate of drug-likeness (QED) is 0.272. The van der Waals surface area contributed by atoms with Gasteiger partial charge in [0.1, 0.15) is 6.54 Å². The van der Waals surface area contributed by atoms with Gasteiger partial charge in [0.05, 0.1) is 18.3 Å². The molecule has 7 heteroatoms. The standard InChI is InChI=1S/C31H33N3O3S/c1-23-16-17-27(38-23)21-33(19-24-9-3-2-4-10-24)30(35)22-34(20-26-13-8-18-37-26)31(36)32-29-15-7-12-25-11-5-6-14-28(25)29/h2-7,9-12,14-17,26H,8,13,18-22H2,1H3,(H,32,36). The Labute approximate surface area is 227 Å². The first-order valence-corrected chi connectivity index (χ1v) is 13.9. The van der Waals surface area contributed by atoms with E-state index in [0.717, 1.165) is 39.7 Å². The van der Waals surface area contributed by atoms with Gasteiger partial charge in [0.15, 0.2) is 0 Å². The van der Waals surface area contributed by atoms with Crippen LogP contribution in [-0.4, -0.2) is 47.5 Å². The smallest absolute Gasteiger partial charge is 0.322 e. The molecule has 196 valence electrons. The lowest BCUT2D eigenvalue weighted by Gasteiger charge is -2.29. The van der Waals surface area contributed by atoms with Crippen molar-refractivity contribution in [3.63, 3.8) is 0 Å². The Morgan fingerprint density at radius 2 is 1.71 bits per heavy atom. The second kappa shape index (κ2) is 12.2. The monoisotopic (exact) mass is 527 g/mol. The normalized spacial score (nSPS) is 14.9. The van der Waals surface area contributed by atoms with Crippen LogP contribution in [0.15, 0.2) is 84.9 Å². The Balaban J connectivity index is 1.36. The van der Waals surface area contributed by atoms with Crippen LogP contribution in [0, 0.1) is 6.92 Å². The molecular formula is C31H33N3O3S. The summed E-state index contributed by atoms with van der Waals surface area (Å²) < 4.78 is 5.85. The molecule has 2 heterocycles.